The summed E-state index contributed by atoms with van der Waals surface area (Å²) in [7, 11) is 4.41. The number of nitrogens with zero attached hydrogens (tertiary/aromatic N) is 2. The predicted octanol–water partition coefficient (Wildman–Crippen LogP) is 1.94. The monoisotopic (exact) mass is 261 g/mol. The molecule has 1 aliphatic heterocycles. The molecule has 1 aromatic rings. The molecule has 2 unspecified atom stereocenters. The van der Waals surface area contributed by atoms with Gasteiger partial charge in [-0.15, -0.1) is 0 Å². The van der Waals surface area contributed by atoms with Crippen LogP contribution in [0, 0.1) is 13.8 Å². The Hall–Kier alpha value is -0.900. The first-order valence-electron chi connectivity index (χ1n) is 7.19. The van der Waals surface area contributed by atoms with Gasteiger partial charge >= 0.3 is 0 Å². The number of likely N-dealkylation sites (N-methyl/N-ethyl adjacent to an activating group) is 2. The number of rotatable bonds is 3. The summed E-state index contributed by atoms with van der Waals surface area (Å²) in [4.78, 5) is 4.85. The van der Waals surface area contributed by atoms with Crippen molar-refractivity contribution in [3.8, 4) is 0 Å². The van der Waals surface area contributed by atoms with Crippen LogP contribution in [0.5, 0.6) is 0 Å². The third-order valence-electron chi connectivity index (χ3n) is 4.47. The molecule has 0 bridgehead atoms. The third-order valence-corrected chi connectivity index (χ3v) is 4.47. The third kappa shape index (κ3) is 3.56. The Morgan fingerprint density at radius 3 is 2.63 bits per heavy atom. The zero-order valence-electron chi connectivity index (χ0n) is 12.7. The molecule has 3 nitrogen and oxygen atoms in total. The molecule has 1 saturated heterocycles. The smallest absolute Gasteiger partial charge is 0.0310 e. The van der Waals surface area contributed by atoms with E-state index in [9.17, 15) is 0 Å². The van der Waals surface area contributed by atoms with Crippen molar-refractivity contribution in [3.05, 3.63) is 34.9 Å². The van der Waals surface area contributed by atoms with Crippen LogP contribution in [0.25, 0.3) is 0 Å². The Bertz CT molecular complexity index is 430. The van der Waals surface area contributed by atoms with E-state index in [1.54, 1.807) is 0 Å². The minimum atomic E-state index is 0.137. The first-order chi connectivity index (χ1) is 8.97. The molecule has 0 aromatic heterocycles. The molecule has 2 atom stereocenters. The molecule has 0 saturated carbocycles. The van der Waals surface area contributed by atoms with E-state index < -0.39 is 0 Å². The van der Waals surface area contributed by atoms with Crippen LogP contribution < -0.4 is 5.73 Å². The highest BCUT2D eigenvalue weighted by atomic mass is 15.3. The summed E-state index contributed by atoms with van der Waals surface area (Å²) in [6.07, 6.45) is 1.03. The van der Waals surface area contributed by atoms with Gasteiger partial charge in [0.25, 0.3) is 0 Å². The van der Waals surface area contributed by atoms with Gasteiger partial charge in [0.1, 0.15) is 0 Å². The zero-order chi connectivity index (χ0) is 14.0. The maximum Gasteiger partial charge on any atom is 0.0310 e. The lowest BCUT2D eigenvalue weighted by Crippen LogP contribution is -2.50. The van der Waals surface area contributed by atoms with Crippen LogP contribution in [0.4, 0.5) is 0 Å². The first kappa shape index (κ1) is 14.5. The summed E-state index contributed by atoms with van der Waals surface area (Å²) in [5, 5.41) is 0. The van der Waals surface area contributed by atoms with E-state index in [4.69, 9.17) is 5.73 Å². The highest BCUT2D eigenvalue weighted by Gasteiger charge is 2.24. The van der Waals surface area contributed by atoms with E-state index in [0.29, 0.717) is 6.04 Å². The highest BCUT2D eigenvalue weighted by Crippen LogP contribution is 2.22. The van der Waals surface area contributed by atoms with Crippen LogP contribution in [-0.2, 0) is 0 Å². The molecule has 0 spiro atoms. The van der Waals surface area contributed by atoms with Gasteiger partial charge < -0.3 is 15.5 Å². The maximum atomic E-state index is 6.41. The van der Waals surface area contributed by atoms with Crippen LogP contribution in [-0.4, -0.2) is 49.6 Å². The zero-order valence-corrected chi connectivity index (χ0v) is 12.7. The van der Waals surface area contributed by atoms with E-state index in [2.05, 4.69) is 55.9 Å². The number of benzene rings is 1. The standard InChI is InChI=1S/C16H27N3/c1-12-5-6-14(9-13(12)2)16(17)10-15-11-18(3)7-8-19(15)4/h5-6,9,15-16H,7-8,10-11,17H2,1-4H3. The summed E-state index contributed by atoms with van der Waals surface area (Å²) in [6, 6.07) is 7.31. The minimum absolute atomic E-state index is 0.137. The fourth-order valence-electron chi connectivity index (χ4n) is 2.78. The summed E-state index contributed by atoms with van der Waals surface area (Å²) in [5.41, 5.74) is 10.3. The molecule has 0 radical (unpaired) electrons. The first-order valence-corrected chi connectivity index (χ1v) is 7.19. The topological polar surface area (TPSA) is 32.5 Å². The molecular formula is C16H27N3. The van der Waals surface area contributed by atoms with Crippen LogP contribution in [0.1, 0.15) is 29.2 Å². The van der Waals surface area contributed by atoms with Crippen molar-refractivity contribution in [2.24, 2.45) is 5.73 Å². The van der Waals surface area contributed by atoms with Crippen molar-refractivity contribution in [2.75, 3.05) is 33.7 Å². The normalized spacial score (nSPS) is 23.5. The Kier molecular flexibility index (Phi) is 4.61. The molecule has 1 aliphatic rings. The fourth-order valence-corrected chi connectivity index (χ4v) is 2.78. The van der Waals surface area contributed by atoms with Crippen LogP contribution >= 0.6 is 0 Å². The van der Waals surface area contributed by atoms with Gasteiger partial charge in [-0.2, -0.15) is 0 Å². The lowest BCUT2D eigenvalue weighted by Gasteiger charge is -2.39. The van der Waals surface area contributed by atoms with Gasteiger partial charge in [0.2, 0.25) is 0 Å². The molecule has 106 valence electrons. The van der Waals surface area contributed by atoms with E-state index >= 15 is 0 Å². The van der Waals surface area contributed by atoms with E-state index in [0.717, 1.165) is 26.1 Å². The Morgan fingerprint density at radius 2 is 1.95 bits per heavy atom. The van der Waals surface area contributed by atoms with Gasteiger partial charge in [0, 0.05) is 31.7 Å². The van der Waals surface area contributed by atoms with Crippen LogP contribution in [0.15, 0.2) is 18.2 Å². The summed E-state index contributed by atoms with van der Waals surface area (Å²) in [6.45, 7) is 7.72. The van der Waals surface area contributed by atoms with Crippen LogP contribution in [0.2, 0.25) is 0 Å². The average molecular weight is 261 g/mol. The number of piperazine rings is 1. The van der Waals surface area contributed by atoms with Crippen molar-refractivity contribution in [2.45, 2.75) is 32.4 Å². The van der Waals surface area contributed by atoms with Gasteiger partial charge in [-0.05, 0) is 51.1 Å². The van der Waals surface area contributed by atoms with Crippen molar-refractivity contribution in [1.82, 2.24) is 9.80 Å². The molecule has 2 N–H and O–H groups in total. The van der Waals surface area contributed by atoms with Crippen molar-refractivity contribution in [3.63, 3.8) is 0 Å². The number of nitrogens with two attached hydrogens (primary N) is 1. The summed E-state index contributed by atoms with van der Waals surface area (Å²) in [5.74, 6) is 0. The largest absolute Gasteiger partial charge is 0.324 e. The molecule has 1 fully saturated rings. The Labute approximate surface area is 117 Å². The molecular weight excluding hydrogens is 234 g/mol. The lowest BCUT2D eigenvalue weighted by molar-refractivity contribution is 0.104. The summed E-state index contributed by atoms with van der Waals surface area (Å²) >= 11 is 0. The van der Waals surface area contributed by atoms with Gasteiger partial charge in [-0.3, -0.25) is 0 Å². The molecule has 3 heteroatoms. The molecule has 2 rings (SSSR count). The molecule has 0 amide bonds. The molecule has 1 aromatic carbocycles. The van der Waals surface area contributed by atoms with E-state index in [1.165, 1.54) is 16.7 Å². The fraction of sp³-hybridized carbons (Fsp3) is 0.625. The minimum Gasteiger partial charge on any atom is -0.324 e. The lowest BCUT2D eigenvalue weighted by atomic mass is 9.95. The Balaban J connectivity index is 2.03. The molecule has 19 heavy (non-hydrogen) atoms. The average Bonchev–Trinajstić information content (AvgIpc) is 2.37. The quantitative estimate of drug-likeness (QED) is 0.902. The second kappa shape index (κ2) is 6.04. The van der Waals surface area contributed by atoms with Gasteiger partial charge in [-0.1, -0.05) is 18.2 Å². The van der Waals surface area contributed by atoms with E-state index in [1.807, 2.05) is 0 Å². The molecule has 0 aliphatic carbocycles. The number of aryl methyl sites for hydroxylation is 2. The van der Waals surface area contributed by atoms with Crippen LogP contribution in [0.3, 0.4) is 0 Å². The van der Waals surface area contributed by atoms with Crippen molar-refractivity contribution < 1.29 is 0 Å². The maximum absolute atomic E-state index is 6.41. The Morgan fingerprint density at radius 1 is 1.21 bits per heavy atom. The highest BCUT2D eigenvalue weighted by molar-refractivity contribution is 5.31. The second-order valence-electron chi connectivity index (χ2n) is 6.08. The van der Waals surface area contributed by atoms with Gasteiger partial charge in [-0.25, -0.2) is 0 Å². The second-order valence-corrected chi connectivity index (χ2v) is 6.08. The summed E-state index contributed by atoms with van der Waals surface area (Å²) < 4.78 is 0. The van der Waals surface area contributed by atoms with Gasteiger partial charge in [0.15, 0.2) is 0 Å². The van der Waals surface area contributed by atoms with Gasteiger partial charge in [0.05, 0.1) is 0 Å². The predicted molar refractivity (Wildman–Crippen MR) is 81.4 cm³/mol. The van der Waals surface area contributed by atoms with Crippen molar-refractivity contribution in [1.29, 1.82) is 0 Å². The van der Waals surface area contributed by atoms with E-state index in [-0.39, 0.29) is 6.04 Å². The number of hydrogen-bond acceptors (Lipinski definition) is 3. The number of hydrogen-bond donors (Lipinski definition) is 1. The SMILES string of the molecule is Cc1ccc(C(N)CC2CN(C)CCN2C)cc1C. The molecule has 1 heterocycles. The van der Waals surface area contributed by atoms with Crippen molar-refractivity contribution >= 4 is 0 Å².